The van der Waals surface area contributed by atoms with Gasteiger partial charge in [0.2, 0.25) is 0 Å². The summed E-state index contributed by atoms with van der Waals surface area (Å²) in [6.07, 6.45) is 3.40. The molecule has 0 N–H and O–H groups in total. The third-order valence-corrected chi connectivity index (χ3v) is 5.48. The first-order valence-electron chi connectivity index (χ1n) is 7.34. The molecule has 0 amide bonds. The SMILES string of the molecule is CC1CCC(n2c(CCCl)nc3cc(Br)ccc32)C1C. The number of alkyl halides is 1. The Morgan fingerprint density at radius 1 is 1.35 bits per heavy atom. The maximum Gasteiger partial charge on any atom is 0.111 e. The van der Waals surface area contributed by atoms with E-state index in [2.05, 4.69) is 52.5 Å². The Morgan fingerprint density at radius 3 is 2.80 bits per heavy atom. The van der Waals surface area contributed by atoms with Gasteiger partial charge in [0, 0.05) is 22.8 Å². The van der Waals surface area contributed by atoms with E-state index in [0.29, 0.717) is 17.8 Å². The smallest absolute Gasteiger partial charge is 0.111 e. The molecule has 1 aromatic heterocycles. The molecular weight excluding hydrogens is 336 g/mol. The minimum atomic E-state index is 0.564. The van der Waals surface area contributed by atoms with Crippen LogP contribution in [0.3, 0.4) is 0 Å². The Kier molecular flexibility index (Phi) is 4.09. The molecule has 2 nitrogen and oxygen atoms in total. The number of aromatic nitrogens is 2. The second kappa shape index (κ2) is 5.69. The molecular formula is C16H20BrClN2. The molecule has 4 heteroatoms. The van der Waals surface area contributed by atoms with E-state index in [0.717, 1.165) is 28.2 Å². The summed E-state index contributed by atoms with van der Waals surface area (Å²) in [4.78, 5) is 4.82. The molecule has 1 aromatic carbocycles. The summed E-state index contributed by atoms with van der Waals surface area (Å²) in [5, 5.41) is 0. The van der Waals surface area contributed by atoms with Crippen molar-refractivity contribution in [1.29, 1.82) is 0 Å². The van der Waals surface area contributed by atoms with Crippen LogP contribution in [0.5, 0.6) is 0 Å². The summed E-state index contributed by atoms with van der Waals surface area (Å²) < 4.78 is 3.54. The number of nitrogens with zero attached hydrogens (tertiary/aromatic N) is 2. The number of imidazole rings is 1. The van der Waals surface area contributed by atoms with Crippen molar-refractivity contribution in [2.45, 2.75) is 39.2 Å². The largest absolute Gasteiger partial charge is 0.325 e. The Bertz CT molecular complexity index is 622. The van der Waals surface area contributed by atoms with Gasteiger partial charge in [-0.1, -0.05) is 29.8 Å². The van der Waals surface area contributed by atoms with E-state index in [1.54, 1.807) is 0 Å². The molecule has 1 saturated carbocycles. The summed E-state index contributed by atoms with van der Waals surface area (Å²) in [6, 6.07) is 6.95. The van der Waals surface area contributed by atoms with Crippen LogP contribution in [-0.4, -0.2) is 15.4 Å². The van der Waals surface area contributed by atoms with Gasteiger partial charge >= 0.3 is 0 Å². The lowest BCUT2D eigenvalue weighted by molar-refractivity contribution is 0.352. The molecule has 3 unspecified atom stereocenters. The van der Waals surface area contributed by atoms with E-state index in [-0.39, 0.29) is 0 Å². The van der Waals surface area contributed by atoms with Crippen molar-refractivity contribution in [3.05, 3.63) is 28.5 Å². The molecule has 0 radical (unpaired) electrons. The number of rotatable bonds is 3. The summed E-state index contributed by atoms with van der Waals surface area (Å²) in [6.45, 7) is 4.74. The zero-order valence-corrected chi connectivity index (χ0v) is 14.3. The van der Waals surface area contributed by atoms with Crippen LogP contribution >= 0.6 is 27.5 Å². The minimum Gasteiger partial charge on any atom is -0.325 e. The van der Waals surface area contributed by atoms with E-state index >= 15 is 0 Å². The van der Waals surface area contributed by atoms with Crippen molar-refractivity contribution in [3.8, 4) is 0 Å². The molecule has 0 bridgehead atoms. The number of benzene rings is 1. The summed E-state index contributed by atoms with van der Waals surface area (Å²) in [7, 11) is 0. The molecule has 108 valence electrons. The van der Waals surface area contributed by atoms with Crippen LogP contribution < -0.4 is 0 Å². The van der Waals surface area contributed by atoms with Gasteiger partial charge in [-0.2, -0.15) is 0 Å². The first-order chi connectivity index (χ1) is 9.61. The van der Waals surface area contributed by atoms with Gasteiger partial charge in [-0.05, 0) is 42.9 Å². The van der Waals surface area contributed by atoms with Crippen LogP contribution in [0, 0.1) is 11.8 Å². The highest BCUT2D eigenvalue weighted by Crippen LogP contribution is 2.42. The van der Waals surface area contributed by atoms with E-state index in [9.17, 15) is 0 Å². The average Bonchev–Trinajstić information content (AvgIpc) is 2.91. The van der Waals surface area contributed by atoms with Gasteiger partial charge in [0.1, 0.15) is 5.82 Å². The number of aryl methyl sites for hydroxylation is 1. The fourth-order valence-corrected chi connectivity index (χ4v) is 3.97. The zero-order chi connectivity index (χ0) is 14.3. The van der Waals surface area contributed by atoms with Gasteiger partial charge in [-0.25, -0.2) is 4.98 Å². The quantitative estimate of drug-likeness (QED) is 0.693. The fraction of sp³-hybridized carbons (Fsp3) is 0.562. The molecule has 3 rings (SSSR count). The van der Waals surface area contributed by atoms with Crippen molar-refractivity contribution in [3.63, 3.8) is 0 Å². The van der Waals surface area contributed by atoms with Gasteiger partial charge in [0.05, 0.1) is 11.0 Å². The van der Waals surface area contributed by atoms with Crippen molar-refractivity contribution in [2.75, 3.05) is 5.88 Å². The highest BCUT2D eigenvalue weighted by atomic mass is 79.9. The Balaban J connectivity index is 2.14. The molecule has 0 saturated heterocycles. The lowest BCUT2D eigenvalue weighted by Gasteiger charge is -2.22. The van der Waals surface area contributed by atoms with Gasteiger partial charge in [-0.15, -0.1) is 11.6 Å². The Labute approximate surface area is 133 Å². The molecule has 3 atom stereocenters. The monoisotopic (exact) mass is 354 g/mol. The maximum absolute atomic E-state index is 5.98. The van der Waals surface area contributed by atoms with E-state index in [4.69, 9.17) is 16.6 Å². The van der Waals surface area contributed by atoms with E-state index < -0.39 is 0 Å². The minimum absolute atomic E-state index is 0.564. The Morgan fingerprint density at radius 2 is 2.15 bits per heavy atom. The van der Waals surface area contributed by atoms with E-state index in [1.807, 2.05) is 0 Å². The van der Waals surface area contributed by atoms with Crippen LogP contribution in [0.2, 0.25) is 0 Å². The van der Waals surface area contributed by atoms with Crippen LogP contribution in [0.4, 0.5) is 0 Å². The van der Waals surface area contributed by atoms with Crippen LogP contribution in [0.1, 0.15) is 38.6 Å². The van der Waals surface area contributed by atoms with Crippen LogP contribution in [-0.2, 0) is 6.42 Å². The third-order valence-electron chi connectivity index (χ3n) is 4.80. The average molecular weight is 356 g/mol. The zero-order valence-electron chi connectivity index (χ0n) is 11.9. The predicted octanol–water partition coefficient (Wildman–Crippen LogP) is 5.19. The van der Waals surface area contributed by atoms with Gasteiger partial charge in [0.25, 0.3) is 0 Å². The first-order valence-corrected chi connectivity index (χ1v) is 8.67. The highest BCUT2D eigenvalue weighted by molar-refractivity contribution is 9.10. The number of hydrogen-bond acceptors (Lipinski definition) is 1. The normalized spacial score (nSPS) is 26.5. The van der Waals surface area contributed by atoms with Crippen LogP contribution in [0.15, 0.2) is 22.7 Å². The van der Waals surface area contributed by atoms with Crippen molar-refractivity contribution >= 4 is 38.6 Å². The van der Waals surface area contributed by atoms with Gasteiger partial charge < -0.3 is 4.57 Å². The molecule has 2 aromatic rings. The maximum atomic E-state index is 5.98. The van der Waals surface area contributed by atoms with Crippen molar-refractivity contribution in [1.82, 2.24) is 9.55 Å². The van der Waals surface area contributed by atoms with Gasteiger partial charge in [-0.3, -0.25) is 0 Å². The standard InChI is InChI=1S/C16H20BrClN2/c1-10-3-5-14(11(10)2)20-15-6-4-12(17)9-13(15)19-16(20)7-8-18/h4,6,9-11,14H,3,5,7-8H2,1-2H3. The number of halogens is 2. The molecule has 0 aliphatic heterocycles. The lowest BCUT2D eigenvalue weighted by Crippen LogP contribution is -2.17. The van der Waals surface area contributed by atoms with Crippen LogP contribution in [0.25, 0.3) is 11.0 Å². The summed E-state index contributed by atoms with van der Waals surface area (Å²) in [5.74, 6) is 3.25. The first kappa shape index (κ1) is 14.4. The number of hydrogen-bond donors (Lipinski definition) is 0. The molecule has 1 aliphatic rings. The second-order valence-electron chi connectivity index (χ2n) is 5.95. The lowest BCUT2D eigenvalue weighted by atomic mass is 9.97. The molecule has 20 heavy (non-hydrogen) atoms. The van der Waals surface area contributed by atoms with Gasteiger partial charge in [0.15, 0.2) is 0 Å². The predicted molar refractivity (Wildman–Crippen MR) is 88.5 cm³/mol. The summed E-state index contributed by atoms with van der Waals surface area (Å²) in [5.41, 5.74) is 2.32. The van der Waals surface area contributed by atoms with Crippen molar-refractivity contribution in [2.24, 2.45) is 11.8 Å². The van der Waals surface area contributed by atoms with Crippen molar-refractivity contribution < 1.29 is 0 Å². The number of fused-ring (bicyclic) bond motifs is 1. The molecule has 1 fully saturated rings. The molecule has 1 aliphatic carbocycles. The Hall–Kier alpha value is -0.540. The van der Waals surface area contributed by atoms with E-state index in [1.165, 1.54) is 18.4 Å². The molecule has 0 spiro atoms. The fourth-order valence-electron chi connectivity index (χ4n) is 3.46. The summed E-state index contributed by atoms with van der Waals surface area (Å²) >= 11 is 9.51. The molecule has 1 heterocycles. The third kappa shape index (κ3) is 2.39. The second-order valence-corrected chi connectivity index (χ2v) is 7.24. The highest BCUT2D eigenvalue weighted by Gasteiger charge is 2.33. The topological polar surface area (TPSA) is 17.8 Å².